The number of carbonyl (C=O) groups excluding carboxylic acids is 1. The summed E-state index contributed by atoms with van der Waals surface area (Å²) in [6, 6.07) is 11.9. The molecule has 0 saturated carbocycles. The molecule has 0 spiro atoms. The molecule has 0 N–H and O–H groups in total. The van der Waals surface area contributed by atoms with Gasteiger partial charge in [0, 0.05) is 39.3 Å². The Labute approximate surface area is 192 Å². The molecule has 4 rings (SSSR count). The van der Waals surface area contributed by atoms with E-state index in [2.05, 4.69) is 27.2 Å². The molecule has 0 bridgehead atoms. The Kier molecular flexibility index (Phi) is 7.49. The van der Waals surface area contributed by atoms with Crippen molar-refractivity contribution in [2.45, 2.75) is 31.6 Å². The highest BCUT2D eigenvalue weighted by atomic mass is 32.2. The second kappa shape index (κ2) is 10.7. The van der Waals surface area contributed by atoms with Crippen molar-refractivity contribution in [3.05, 3.63) is 48.2 Å². The summed E-state index contributed by atoms with van der Waals surface area (Å²) < 4.78 is 12.7. The van der Waals surface area contributed by atoms with Crippen molar-refractivity contribution in [2.24, 2.45) is 0 Å². The minimum atomic E-state index is 0.145. The summed E-state index contributed by atoms with van der Waals surface area (Å²) in [7, 11) is 1.68. The zero-order valence-corrected chi connectivity index (χ0v) is 19.4. The maximum atomic E-state index is 12.9. The summed E-state index contributed by atoms with van der Waals surface area (Å²) in [4.78, 5) is 17.3. The average Bonchev–Trinajstić information content (AvgIpc) is 3.43. The van der Waals surface area contributed by atoms with Gasteiger partial charge in [-0.15, -0.1) is 10.2 Å². The lowest BCUT2D eigenvalue weighted by Gasteiger charge is -2.22. The van der Waals surface area contributed by atoms with Gasteiger partial charge in [0.2, 0.25) is 5.91 Å². The Bertz CT molecular complexity index is 1000. The molecular weight excluding hydrogens is 426 g/mol. The molecule has 1 aliphatic heterocycles. The number of thioether (sulfide) groups is 1. The Morgan fingerprint density at radius 2 is 1.97 bits per heavy atom. The van der Waals surface area contributed by atoms with E-state index in [-0.39, 0.29) is 5.91 Å². The first kappa shape index (κ1) is 22.4. The van der Waals surface area contributed by atoms with E-state index in [1.165, 1.54) is 17.3 Å². The van der Waals surface area contributed by atoms with Gasteiger partial charge in [-0.25, -0.2) is 0 Å². The Morgan fingerprint density at radius 1 is 1.12 bits per heavy atom. The van der Waals surface area contributed by atoms with Gasteiger partial charge in [0.05, 0.1) is 19.1 Å². The van der Waals surface area contributed by atoms with Crippen LogP contribution in [0.4, 0.5) is 0 Å². The van der Waals surface area contributed by atoms with Gasteiger partial charge >= 0.3 is 0 Å². The maximum Gasteiger partial charge on any atom is 0.233 e. The standard InChI is InChI=1S/C23H29N5O3S/c1-3-28-22(20-6-4-15-31-20)24-25-23(28)32-17-21(29)27-12-5-11-26(13-14-27)16-18-7-9-19(30-2)10-8-18/h4,6-10,15H,3,5,11-14,16-17H2,1-2H3. The smallest absolute Gasteiger partial charge is 0.233 e. The largest absolute Gasteiger partial charge is 0.497 e. The molecular formula is C23H29N5O3S. The number of hydrogen-bond donors (Lipinski definition) is 0. The van der Waals surface area contributed by atoms with Gasteiger partial charge in [0.15, 0.2) is 16.7 Å². The first-order valence-electron chi connectivity index (χ1n) is 10.9. The van der Waals surface area contributed by atoms with Crippen LogP contribution in [0, 0.1) is 0 Å². The van der Waals surface area contributed by atoms with E-state index in [9.17, 15) is 4.79 Å². The molecule has 1 amide bonds. The van der Waals surface area contributed by atoms with Gasteiger partial charge in [-0.2, -0.15) is 0 Å². The summed E-state index contributed by atoms with van der Waals surface area (Å²) >= 11 is 1.44. The van der Waals surface area contributed by atoms with Crippen molar-refractivity contribution in [3.8, 4) is 17.3 Å². The molecule has 0 aliphatic carbocycles. The molecule has 1 aliphatic rings. The first-order valence-corrected chi connectivity index (χ1v) is 11.9. The molecule has 0 radical (unpaired) electrons. The quantitative estimate of drug-likeness (QED) is 0.482. The van der Waals surface area contributed by atoms with Crippen LogP contribution >= 0.6 is 11.8 Å². The molecule has 32 heavy (non-hydrogen) atoms. The summed E-state index contributed by atoms with van der Waals surface area (Å²) in [6.07, 6.45) is 2.60. The molecule has 3 heterocycles. The zero-order chi connectivity index (χ0) is 22.3. The molecule has 0 unspecified atom stereocenters. The lowest BCUT2D eigenvalue weighted by atomic mass is 10.2. The second-order valence-corrected chi connectivity index (χ2v) is 8.62. The van der Waals surface area contributed by atoms with E-state index in [1.807, 2.05) is 40.7 Å². The molecule has 2 aromatic heterocycles. The van der Waals surface area contributed by atoms with E-state index in [4.69, 9.17) is 9.15 Å². The van der Waals surface area contributed by atoms with Gasteiger partial charge in [0.1, 0.15) is 5.75 Å². The van der Waals surface area contributed by atoms with Crippen LogP contribution in [0.5, 0.6) is 5.75 Å². The van der Waals surface area contributed by atoms with Gasteiger partial charge in [-0.1, -0.05) is 23.9 Å². The van der Waals surface area contributed by atoms with Crippen molar-refractivity contribution < 1.29 is 13.9 Å². The predicted octanol–water partition coefficient (Wildman–Crippen LogP) is 3.39. The molecule has 8 nitrogen and oxygen atoms in total. The summed E-state index contributed by atoms with van der Waals surface area (Å²) in [5.74, 6) is 2.74. The molecule has 3 aromatic rings. The monoisotopic (exact) mass is 455 g/mol. The van der Waals surface area contributed by atoms with Crippen LogP contribution in [0.1, 0.15) is 18.9 Å². The summed E-state index contributed by atoms with van der Waals surface area (Å²) in [6.45, 7) is 7.02. The van der Waals surface area contributed by atoms with Gasteiger partial charge in [-0.3, -0.25) is 14.3 Å². The van der Waals surface area contributed by atoms with Crippen LogP contribution in [-0.4, -0.2) is 69.5 Å². The number of carbonyl (C=O) groups is 1. The van der Waals surface area contributed by atoms with E-state index in [0.29, 0.717) is 23.9 Å². The van der Waals surface area contributed by atoms with Gasteiger partial charge in [0.25, 0.3) is 0 Å². The highest BCUT2D eigenvalue weighted by molar-refractivity contribution is 7.99. The van der Waals surface area contributed by atoms with Crippen molar-refractivity contribution in [1.82, 2.24) is 24.6 Å². The second-order valence-electron chi connectivity index (χ2n) is 7.67. The Morgan fingerprint density at radius 3 is 2.69 bits per heavy atom. The minimum Gasteiger partial charge on any atom is -0.497 e. The molecule has 0 atom stereocenters. The number of ether oxygens (including phenoxy) is 1. The fraction of sp³-hybridized carbons (Fsp3) is 0.435. The van der Waals surface area contributed by atoms with Crippen LogP contribution in [0.3, 0.4) is 0 Å². The maximum absolute atomic E-state index is 12.9. The highest BCUT2D eigenvalue weighted by Gasteiger charge is 2.21. The number of hydrogen-bond acceptors (Lipinski definition) is 7. The number of aromatic nitrogens is 3. The van der Waals surface area contributed by atoms with Crippen LogP contribution in [0.15, 0.2) is 52.2 Å². The fourth-order valence-corrected chi connectivity index (χ4v) is 4.76. The molecule has 1 saturated heterocycles. The fourth-order valence-electron chi connectivity index (χ4n) is 3.85. The Balaban J connectivity index is 1.30. The zero-order valence-electron chi connectivity index (χ0n) is 18.6. The summed E-state index contributed by atoms with van der Waals surface area (Å²) in [5, 5.41) is 9.27. The van der Waals surface area contributed by atoms with Crippen LogP contribution in [-0.2, 0) is 17.9 Å². The number of methoxy groups -OCH3 is 1. The molecule has 9 heteroatoms. The van der Waals surface area contributed by atoms with Crippen molar-refractivity contribution >= 4 is 17.7 Å². The molecule has 170 valence electrons. The Hall–Kier alpha value is -2.78. The van der Waals surface area contributed by atoms with E-state index >= 15 is 0 Å². The number of nitrogens with zero attached hydrogens (tertiary/aromatic N) is 5. The molecule has 1 aromatic carbocycles. The lowest BCUT2D eigenvalue weighted by molar-refractivity contribution is -0.128. The predicted molar refractivity (Wildman–Crippen MR) is 124 cm³/mol. The van der Waals surface area contributed by atoms with E-state index < -0.39 is 0 Å². The minimum absolute atomic E-state index is 0.145. The van der Waals surface area contributed by atoms with Crippen LogP contribution in [0.2, 0.25) is 0 Å². The number of amides is 1. The van der Waals surface area contributed by atoms with Gasteiger partial charge < -0.3 is 14.1 Å². The van der Waals surface area contributed by atoms with E-state index in [1.54, 1.807) is 13.4 Å². The van der Waals surface area contributed by atoms with Gasteiger partial charge in [-0.05, 0) is 43.2 Å². The number of furan rings is 1. The third-order valence-corrected chi connectivity index (χ3v) is 6.56. The summed E-state index contributed by atoms with van der Waals surface area (Å²) in [5.41, 5.74) is 1.26. The van der Waals surface area contributed by atoms with Crippen molar-refractivity contribution in [2.75, 3.05) is 39.0 Å². The van der Waals surface area contributed by atoms with Crippen LogP contribution < -0.4 is 4.74 Å². The first-order chi connectivity index (χ1) is 15.7. The van der Waals surface area contributed by atoms with E-state index in [0.717, 1.165) is 50.1 Å². The number of rotatable bonds is 8. The van der Waals surface area contributed by atoms with Crippen molar-refractivity contribution in [1.29, 1.82) is 0 Å². The number of benzene rings is 1. The SMILES string of the molecule is CCn1c(SCC(=O)N2CCCN(Cc3ccc(OC)cc3)CC2)nnc1-c1ccco1. The third-order valence-electron chi connectivity index (χ3n) is 5.61. The topological polar surface area (TPSA) is 76.6 Å². The molecule has 1 fully saturated rings. The van der Waals surface area contributed by atoms with Crippen LogP contribution in [0.25, 0.3) is 11.6 Å². The lowest BCUT2D eigenvalue weighted by Crippen LogP contribution is -2.36. The van der Waals surface area contributed by atoms with Crippen molar-refractivity contribution in [3.63, 3.8) is 0 Å². The normalized spacial score (nSPS) is 15.0. The third kappa shape index (κ3) is 5.34. The highest BCUT2D eigenvalue weighted by Crippen LogP contribution is 2.24. The average molecular weight is 456 g/mol.